The monoisotopic (exact) mass is 278 g/mol. The van der Waals surface area contributed by atoms with E-state index in [2.05, 4.69) is 16.8 Å². The Morgan fingerprint density at radius 1 is 1.58 bits per heavy atom. The van der Waals surface area contributed by atoms with Gasteiger partial charge in [-0.05, 0) is 19.8 Å². The molecule has 0 spiro atoms. The van der Waals surface area contributed by atoms with Gasteiger partial charge in [-0.3, -0.25) is 14.1 Å². The van der Waals surface area contributed by atoms with Crippen molar-refractivity contribution in [3.8, 4) is 0 Å². The average Bonchev–Trinajstić information content (AvgIpc) is 2.81. The molecule has 0 radical (unpaired) electrons. The lowest BCUT2D eigenvalue weighted by molar-refractivity contribution is 0.138. The van der Waals surface area contributed by atoms with Gasteiger partial charge in [0.2, 0.25) is 0 Å². The number of hydrogen-bond donors (Lipinski definition) is 1. The Morgan fingerprint density at radius 3 is 3.21 bits per heavy atom. The lowest BCUT2D eigenvalue weighted by atomic mass is 9.99. The Morgan fingerprint density at radius 2 is 2.42 bits per heavy atom. The van der Waals surface area contributed by atoms with Crippen LogP contribution in [0.15, 0.2) is 22.4 Å². The van der Waals surface area contributed by atoms with E-state index in [1.165, 1.54) is 11.3 Å². The number of nitrogens with zero attached hydrogens (tertiary/aromatic N) is 3. The molecular weight excluding hydrogens is 260 g/mol. The van der Waals surface area contributed by atoms with Crippen molar-refractivity contribution >= 4 is 16.3 Å². The molecule has 102 valence electrons. The number of likely N-dealkylation sites (tertiary alicyclic amines) is 1. The maximum atomic E-state index is 11.9. The van der Waals surface area contributed by atoms with Crippen molar-refractivity contribution in [1.29, 1.82) is 0 Å². The highest BCUT2D eigenvalue weighted by Crippen LogP contribution is 2.18. The Kier molecular flexibility index (Phi) is 3.38. The molecule has 0 bridgehead atoms. The van der Waals surface area contributed by atoms with Crippen LogP contribution in [0.25, 0.3) is 4.96 Å². The molecule has 2 atom stereocenters. The van der Waals surface area contributed by atoms with Gasteiger partial charge in [0.15, 0.2) is 4.96 Å². The van der Waals surface area contributed by atoms with Gasteiger partial charge in [0.05, 0.1) is 5.69 Å². The summed E-state index contributed by atoms with van der Waals surface area (Å²) in [6.07, 6.45) is 3.80. The molecular formula is C13H18N4OS. The normalized spacial score (nSPS) is 24.9. The van der Waals surface area contributed by atoms with Crippen molar-refractivity contribution in [2.45, 2.75) is 38.4 Å². The standard InChI is InChI=1S/C13H18N4OS/c1-9-6-10(14)2-3-16(9)8-11-7-12(18)17-4-5-19-13(17)15-11/h4-5,7,9-10H,2-3,6,8,14H2,1H3. The van der Waals surface area contributed by atoms with E-state index in [0.29, 0.717) is 12.1 Å². The molecule has 0 saturated carbocycles. The van der Waals surface area contributed by atoms with E-state index in [1.54, 1.807) is 16.7 Å². The minimum Gasteiger partial charge on any atom is -0.328 e. The number of aromatic nitrogens is 2. The van der Waals surface area contributed by atoms with Crippen LogP contribution in [-0.2, 0) is 6.54 Å². The van der Waals surface area contributed by atoms with Crippen molar-refractivity contribution in [2.24, 2.45) is 5.73 Å². The SMILES string of the molecule is CC1CC(N)CCN1Cc1cc(=O)n2ccsc2n1. The number of thiazole rings is 1. The Hall–Kier alpha value is -1.24. The molecule has 2 unspecified atom stereocenters. The maximum Gasteiger partial charge on any atom is 0.258 e. The third kappa shape index (κ3) is 2.56. The van der Waals surface area contributed by atoms with E-state index >= 15 is 0 Å². The number of fused-ring (bicyclic) bond motifs is 1. The van der Waals surface area contributed by atoms with Gasteiger partial charge in [0.1, 0.15) is 0 Å². The molecule has 1 saturated heterocycles. The lowest BCUT2D eigenvalue weighted by Crippen LogP contribution is -2.45. The summed E-state index contributed by atoms with van der Waals surface area (Å²) < 4.78 is 1.59. The molecule has 2 N–H and O–H groups in total. The van der Waals surface area contributed by atoms with E-state index in [0.717, 1.165) is 36.6 Å². The topological polar surface area (TPSA) is 63.6 Å². The quantitative estimate of drug-likeness (QED) is 0.892. The van der Waals surface area contributed by atoms with Gasteiger partial charge in [-0.2, -0.15) is 0 Å². The summed E-state index contributed by atoms with van der Waals surface area (Å²) in [6.45, 7) is 3.90. The van der Waals surface area contributed by atoms with E-state index in [1.807, 2.05) is 5.38 Å². The van der Waals surface area contributed by atoms with E-state index in [9.17, 15) is 4.79 Å². The largest absolute Gasteiger partial charge is 0.328 e. The van der Waals surface area contributed by atoms with Crippen molar-refractivity contribution in [1.82, 2.24) is 14.3 Å². The number of nitrogens with two attached hydrogens (primary N) is 1. The maximum absolute atomic E-state index is 11.9. The average molecular weight is 278 g/mol. The molecule has 0 amide bonds. The first kappa shape index (κ1) is 12.8. The van der Waals surface area contributed by atoms with Gasteiger partial charge < -0.3 is 5.73 Å². The third-order valence-electron chi connectivity index (χ3n) is 3.78. The molecule has 3 heterocycles. The first-order chi connectivity index (χ1) is 9.13. The summed E-state index contributed by atoms with van der Waals surface area (Å²) in [5.41, 5.74) is 6.83. The fraction of sp³-hybridized carbons (Fsp3) is 0.538. The van der Waals surface area contributed by atoms with Gasteiger partial charge in [0.25, 0.3) is 5.56 Å². The third-order valence-corrected chi connectivity index (χ3v) is 4.53. The molecule has 6 heteroatoms. The van der Waals surface area contributed by atoms with Crippen molar-refractivity contribution in [3.63, 3.8) is 0 Å². The molecule has 3 rings (SSSR count). The summed E-state index contributed by atoms with van der Waals surface area (Å²) in [7, 11) is 0. The zero-order chi connectivity index (χ0) is 13.4. The predicted octanol–water partition coefficient (Wildman–Crippen LogP) is 1.07. The second kappa shape index (κ2) is 5.03. The summed E-state index contributed by atoms with van der Waals surface area (Å²) in [5, 5.41) is 1.88. The van der Waals surface area contributed by atoms with E-state index < -0.39 is 0 Å². The van der Waals surface area contributed by atoms with Crippen LogP contribution in [0.5, 0.6) is 0 Å². The van der Waals surface area contributed by atoms with Crippen molar-refractivity contribution < 1.29 is 0 Å². The summed E-state index contributed by atoms with van der Waals surface area (Å²) in [6, 6.07) is 2.40. The van der Waals surface area contributed by atoms with Crippen molar-refractivity contribution in [2.75, 3.05) is 6.54 Å². The Bertz CT molecular complexity index is 635. The predicted molar refractivity (Wildman–Crippen MR) is 76.4 cm³/mol. The minimum absolute atomic E-state index is 0.00242. The van der Waals surface area contributed by atoms with Crippen LogP contribution >= 0.6 is 11.3 Å². The van der Waals surface area contributed by atoms with Gasteiger partial charge >= 0.3 is 0 Å². The van der Waals surface area contributed by atoms with Crippen LogP contribution < -0.4 is 11.3 Å². The fourth-order valence-corrected chi connectivity index (χ4v) is 3.41. The molecule has 2 aromatic heterocycles. The molecule has 2 aromatic rings. The lowest BCUT2D eigenvalue weighted by Gasteiger charge is -2.36. The second-order valence-electron chi connectivity index (χ2n) is 5.25. The van der Waals surface area contributed by atoms with Gasteiger partial charge in [-0.15, -0.1) is 11.3 Å². The van der Waals surface area contributed by atoms with Crippen LogP contribution in [-0.4, -0.2) is 32.9 Å². The molecule has 1 fully saturated rings. The number of hydrogen-bond acceptors (Lipinski definition) is 5. The van der Waals surface area contributed by atoms with Crippen LogP contribution in [0.3, 0.4) is 0 Å². The highest BCUT2D eigenvalue weighted by molar-refractivity contribution is 7.15. The molecule has 19 heavy (non-hydrogen) atoms. The highest BCUT2D eigenvalue weighted by atomic mass is 32.1. The van der Waals surface area contributed by atoms with Crippen LogP contribution in [0.2, 0.25) is 0 Å². The zero-order valence-electron chi connectivity index (χ0n) is 11.0. The van der Waals surface area contributed by atoms with Gasteiger partial charge in [-0.1, -0.05) is 0 Å². The summed E-state index contributed by atoms with van der Waals surface area (Å²) in [4.78, 5) is 19.6. The zero-order valence-corrected chi connectivity index (χ0v) is 11.8. The fourth-order valence-electron chi connectivity index (χ4n) is 2.67. The van der Waals surface area contributed by atoms with Gasteiger partial charge in [0, 0.05) is 42.8 Å². The Labute approximate surface area is 115 Å². The van der Waals surface area contributed by atoms with E-state index in [-0.39, 0.29) is 5.56 Å². The first-order valence-corrected chi connectivity index (χ1v) is 7.47. The smallest absolute Gasteiger partial charge is 0.258 e. The molecule has 5 nitrogen and oxygen atoms in total. The molecule has 0 aromatic carbocycles. The number of piperidine rings is 1. The Balaban J connectivity index is 1.83. The van der Waals surface area contributed by atoms with E-state index in [4.69, 9.17) is 5.73 Å². The molecule has 0 aliphatic carbocycles. The minimum atomic E-state index is 0.00242. The number of rotatable bonds is 2. The van der Waals surface area contributed by atoms with Gasteiger partial charge in [-0.25, -0.2) is 4.98 Å². The molecule has 1 aliphatic rings. The highest BCUT2D eigenvalue weighted by Gasteiger charge is 2.23. The first-order valence-electron chi connectivity index (χ1n) is 6.59. The summed E-state index contributed by atoms with van der Waals surface area (Å²) in [5.74, 6) is 0. The second-order valence-corrected chi connectivity index (χ2v) is 6.12. The summed E-state index contributed by atoms with van der Waals surface area (Å²) >= 11 is 1.49. The molecule has 1 aliphatic heterocycles. The van der Waals surface area contributed by atoms with Crippen LogP contribution in [0.4, 0.5) is 0 Å². The van der Waals surface area contributed by atoms with Crippen LogP contribution in [0.1, 0.15) is 25.5 Å². The van der Waals surface area contributed by atoms with Crippen LogP contribution in [0, 0.1) is 0 Å². The van der Waals surface area contributed by atoms with Crippen molar-refractivity contribution in [3.05, 3.63) is 33.7 Å².